The summed E-state index contributed by atoms with van der Waals surface area (Å²) in [6, 6.07) is 8.07. The number of hydrogen-bond donors (Lipinski definition) is 1. The lowest BCUT2D eigenvalue weighted by Crippen LogP contribution is -2.41. The largest absolute Gasteiger partial charge is 0.450 e. The van der Waals surface area contributed by atoms with E-state index in [1.165, 1.54) is 12.8 Å². The lowest BCUT2D eigenvalue weighted by Gasteiger charge is -2.27. The molecule has 3 nitrogen and oxygen atoms in total. The van der Waals surface area contributed by atoms with Crippen molar-refractivity contribution in [1.29, 1.82) is 0 Å². The Morgan fingerprint density at radius 2 is 2.00 bits per heavy atom. The molecule has 1 aromatic rings. The van der Waals surface area contributed by atoms with Gasteiger partial charge in [0.05, 0.1) is 12.1 Å². The molecule has 0 aliphatic rings. The Labute approximate surface area is 134 Å². The summed E-state index contributed by atoms with van der Waals surface area (Å²) in [5.41, 5.74) is 2.65. The Balaban J connectivity index is 2.57. The van der Waals surface area contributed by atoms with Gasteiger partial charge in [-0.15, -0.1) is 0 Å². The lowest BCUT2D eigenvalue weighted by atomic mass is 9.92. The highest BCUT2D eigenvalue weighted by atomic mass is 16.5. The van der Waals surface area contributed by atoms with Crippen LogP contribution in [0.4, 0.5) is 4.79 Å². The molecular weight excluding hydrogens is 274 g/mol. The van der Waals surface area contributed by atoms with Gasteiger partial charge < -0.3 is 10.1 Å². The smallest absolute Gasteiger partial charge is 0.407 e. The maximum atomic E-state index is 11.9. The lowest BCUT2D eigenvalue weighted by molar-refractivity contribution is 0.133. The standard InChI is InChI=1S/C19H29NO2/c1-6-7-8-9-13-22-18(21)20-19(4,5)17-12-10-11-16(14-17)15(2)3/h10-12,14H,2,6-9,13H2,1,3-5H3,(H,20,21). The summed E-state index contributed by atoms with van der Waals surface area (Å²) in [6.45, 7) is 12.5. The van der Waals surface area contributed by atoms with E-state index in [0.717, 1.165) is 29.5 Å². The van der Waals surface area contributed by atoms with Crippen molar-refractivity contribution in [3.05, 3.63) is 42.0 Å². The third-order valence-electron chi connectivity index (χ3n) is 3.72. The van der Waals surface area contributed by atoms with E-state index in [1.54, 1.807) is 0 Å². The maximum absolute atomic E-state index is 11.9. The van der Waals surface area contributed by atoms with Crippen LogP contribution in [0.3, 0.4) is 0 Å². The zero-order chi connectivity index (χ0) is 16.6. The van der Waals surface area contributed by atoms with Crippen molar-refractivity contribution in [2.24, 2.45) is 0 Å². The monoisotopic (exact) mass is 303 g/mol. The fourth-order valence-electron chi connectivity index (χ4n) is 2.23. The molecule has 122 valence electrons. The van der Waals surface area contributed by atoms with Crippen LogP contribution in [0.5, 0.6) is 0 Å². The normalized spacial score (nSPS) is 11.1. The van der Waals surface area contributed by atoms with Gasteiger partial charge in [-0.25, -0.2) is 4.79 Å². The number of rotatable bonds is 8. The summed E-state index contributed by atoms with van der Waals surface area (Å²) in [4.78, 5) is 11.9. The van der Waals surface area contributed by atoms with Gasteiger partial charge >= 0.3 is 6.09 Å². The first-order chi connectivity index (χ1) is 10.4. The van der Waals surface area contributed by atoms with E-state index < -0.39 is 5.54 Å². The number of ether oxygens (including phenoxy) is 1. The number of benzene rings is 1. The highest BCUT2D eigenvalue weighted by Crippen LogP contribution is 2.23. The van der Waals surface area contributed by atoms with Gasteiger partial charge in [-0.2, -0.15) is 0 Å². The Hall–Kier alpha value is -1.77. The Morgan fingerprint density at radius 3 is 2.64 bits per heavy atom. The molecule has 0 saturated carbocycles. The summed E-state index contributed by atoms with van der Waals surface area (Å²) >= 11 is 0. The highest BCUT2D eigenvalue weighted by Gasteiger charge is 2.23. The third kappa shape index (κ3) is 5.92. The molecule has 0 fully saturated rings. The molecule has 0 heterocycles. The maximum Gasteiger partial charge on any atom is 0.407 e. The van der Waals surface area contributed by atoms with E-state index in [1.807, 2.05) is 39.0 Å². The number of hydrogen-bond acceptors (Lipinski definition) is 2. The van der Waals surface area contributed by atoms with E-state index in [0.29, 0.717) is 6.61 Å². The molecule has 3 heteroatoms. The van der Waals surface area contributed by atoms with Crippen LogP contribution in [0.15, 0.2) is 30.8 Å². The van der Waals surface area contributed by atoms with Gasteiger partial charge in [0.2, 0.25) is 0 Å². The summed E-state index contributed by atoms with van der Waals surface area (Å²) in [5, 5.41) is 2.94. The molecule has 1 rings (SSSR count). The zero-order valence-corrected chi connectivity index (χ0v) is 14.4. The van der Waals surface area contributed by atoms with Gasteiger partial charge in [-0.1, -0.05) is 56.5 Å². The number of nitrogens with one attached hydrogen (secondary N) is 1. The van der Waals surface area contributed by atoms with Crippen molar-refractivity contribution in [1.82, 2.24) is 5.32 Å². The van der Waals surface area contributed by atoms with Crippen molar-refractivity contribution in [3.63, 3.8) is 0 Å². The van der Waals surface area contributed by atoms with E-state index in [-0.39, 0.29) is 6.09 Å². The summed E-state index contributed by atoms with van der Waals surface area (Å²) in [7, 11) is 0. The van der Waals surface area contributed by atoms with Crippen molar-refractivity contribution in [2.45, 2.75) is 58.9 Å². The Kier molecular flexibility index (Phi) is 7.16. The van der Waals surface area contributed by atoms with E-state index >= 15 is 0 Å². The molecule has 1 aromatic carbocycles. The summed E-state index contributed by atoms with van der Waals surface area (Å²) in [6.07, 6.45) is 4.03. The van der Waals surface area contributed by atoms with Crippen molar-refractivity contribution < 1.29 is 9.53 Å². The average molecular weight is 303 g/mol. The first-order valence-electron chi connectivity index (χ1n) is 8.08. The van der Waals surface area contributed by atoms with E-state index in [2.05, 4.69) is 24.9 Å². The number of alkyl carbamates (subject to hydrolysis) is 1. The molecule has 0 aliphatic heterocycles. The molecule has 0 spiro atoms. The zero-order valence-electron chi connectivity index (χ0n) is 14.4. The van der Waals surface area contributed by atoms with Crippen molar-refractivity contribution in [2.75, 3.05) is 6.61 Å². The second-order valence-corrected chi connectivity index (χ2v) is 6.31. The second kappa shape index (κ2) is 8.62. The Bertz CT molecular complexity index is 506. The van der Waals surface area contributed by atoms with Crippen LogP contribution < -0.4 is 5.32 Å². The average Bonchev–Trinajstić information content (AvgIpc) is 2.46. The molecule has 0 aromatic heterocycles. The molecule has 22 heavy (non-hydrogen) atoms. The minimum absolute atomic E-state index is 0.359. The quantitative estimate of drug-likeness (QED) is 0.665. The molecular formula is C19H29NO2. The molecule has 1 N–H and O–H groups in total. The number of carbonyl (C=O) groups excluding carboxylic acids is 1. The van der Waals surface area contributed by atoms with Crippen LogP contribution in [0.25, 0.3) is 5.57 Å². The fraction of sp³-hybridized carbons (Fsp3) is 0.526. The van der Waals surface area contributed by atoms with E-state index in [4.69, 9.17) is 4.74 Å². The van der Waals surface area contributed by atoms with Gasteiger partial charge in [0.15, 0.2) is 0 Å². The molecule has 0 aliphatic carbocycles. The van der Waals surface area contributed by atoms with Crippen molar-refractivity contribution >= 4 is 11.7 Å². The number of amides is 1. The van der Waals surface area contributed by atoms with Crippen LogP contribution in [0.2, 0.25) is 0 Å². The minimum atomic E-state index is -0.480. The third-order valence-corrected chi connectivity index (χ3v) is 3.72. The minimum Gasteiger partial charge on any atom is -0.450 e. The second-order valence-electron chi connectivity index (χ2n) is 6.31. The van der Waals surface area contributed by atoms with Crippen LogP contribution >= 0.6 is 0 Å². The van der Waals surface area contributed by atoms with Crippen molar-refractivity contribution in [3.8, 4) is 0 Å². The van der Waals surface area contributed by atoms with Gasteiger partial charge in [-0.05, 0) is 44.4 Å². The van der Waals surface area contributed by atoms with Gasteiger partial charge in [0.1, 0.15) is 0 Å². The molecule has 0 radical (unpaired) electrons. The number of carbonyl (C=O) groups is 1. The van der Waals surface area contributed by atoms with Gasteiger partial charge in [-0.3, -0.25) is 0 Å². The molecule has 0 saturated heterocycles. The topological polar surface area (TPSA) is 38.3 Å². The van der Waals surface area contributed by atoms with Crippen LogP contribution in [-0.4, -0.2) is 12.7 Å². The van der Waals surface area contributed by atoms with Crippen LogP contribution in [0, 0.1) is 0 Å². The SMILES string of the molecule is C=C(C)c1cccc(C(C)(C)NC(=O)OCCCCCC)c1. The van der Waals surface area contributed by atoms with E-state index in [9.17, 15) is 4.79 Å². The highest BCUT2D eigenvalue weighted by molar-refractivity contribution is 5.69. The van der Waals surface area contributed by atoms with Crippen LogP contribution in [0.1, 0.15) is 64.5 Å². The summed E-state index contributed by atoms with van der Waals surface area (Å²) in [5.74, 6) is 0. The molecule has 0 unspecified atom stereocenters. The summed E-state index contributed by atoms with van der Waals surface area (Å²) < 4.78 is 5.26. The fourth-order valence-corrected chi connectivity index (χ4v) is 2.23. The Morgan fingerprint density at radius 1 is 1.27 bits per heavy atom. The van der Waals surface area contributed by atoms with Crippen LogP contribution in [-0.2, 0) is 10.3 Å². The first kappa shape index (κ1) is 18.3. The predicted molar refractivity (Wildman–Crippen MR) is 92.8 cm³/mol. The molecule has 0 atom stereocenters. The molecule has 0 bridgehead atoms. The first-order valence-corrected chi connectivity index (χ1v) is 8.08. The van der Waals surface area contributed by atoms with Gasteiger partial charge in [0.25, 0.3) is 0 Å². The van der Waals surface area contributed by atoms with Gasteiger partial charge in [0, 0.05) is 0 Å². The number of allylic oxidation sites excluding steroid dienone is 1. The predicted octanol–water partition coefficient (Wildman–Crippen LogP) is 5.26. The number of unbranched alkanes of at least 4 members (excludes halogenated alkanes) is 3. The molecule has 1 amide bonds.